The fourth-order valence-corrected chi connectivity index (χ4v) is 3.16. The van der Waals surface area contributed by atoms with E-state index in [0.29, 0.717) is 12.0 Å². The average Bonchev–Trinajstić information content (AvgIpc) is 2.81. The molecule has 9 N–H and O–H groups in total. The summed E-state index contributed by atoms with van der Waals surface area (Å²) in [4.78, 5) is 60.9. The molecule has 1 aromatic carbocycles. The number of aliphatic hydroxyl groups excluding tert-OH is 1. The van der Waals surface area contributed by atoms with Crippen LogP contribution in [0.3, 0.4) is 0 Å². The van der Waals surface area contributed by atoms with E-state index in [9.17, 15) is 39.3 Å². The molecule has 13 nitrogen and oxygen atoms in total. The van der Waals surface area contributed by atoms with E-state index in [4.69, 9.17) is 10.8 Å². The van der Waals surface area contributed by atoms with Crippen LogP contribution in [-0.4, -0.2) is 80.4 Å². The normalized spacial score (nSPS) is 15.9. The third-order valence-electron chi connectivity index (χ3n) is 5.62. The molecule has 13 heteroatoms. The number of hydrogen-bond acceptors (Lipinski definition) is 8. The lowest BCUT2D eigenvalue weighted by molar-refractivity contribution is -0.147. The predicted octanol–water partition coefficient (Wildman–Crippen LogP) is -1.30. The number of nitrogens with one attached hydrogen (secondary N) is 3. The number of nitrogens with two attached hydrogens (primary N) is 1. The molecule has 200 valence electrons. The standard InChI is InChI=1S/C23H34N4O9/c1-4-11(2)19(27-21(33)18(24)12(3)28)22(34)25-15(9-13-5-7-14(29)8-6-13)20(32)26-16(23(35)36)10-17(30)31/h5-8,11-12,15-16,18-19,28-29H,4,9-10,24H2,1-3H3,(H,25,34)(H,26,32)(H,27,33)(H,30,31)(H,35,36). The molecule has 0 spiro atoms. The van der Waals surface area contributed by atoms with E-state index in [1.54, 1.807) is 13.8 Å². The van der Waals surface area contributed by atoms with Crippen molar-refractivity contribution in [3.05, 3.63) is 29.8 Å². The van der Waals surface area contributed by atoms with Crippen LogP contribution in [0, 0.1) is 5.92 Å². The maximum absolute atomic E-state index is 13.2. The fourth-order valence-electron chi connectivity index (χ4n) is 3.16. The van der Waals surface area contributed by atoms with Crippen LogP contribution in [0.1, 0.15) is 39.2 Å². The van der Waals surface area contributed by atoms with E-state index in [1.807, 2.05) is 0 Å². The molecule has 0 aliphatic carbocycles. The van der Waals surface area contributed by atoms with Crippen molar-refractivity contribution < 1.29 is 44.4 Å². The van der Waals surface area contributed by atoms with Crippen LogP contribution in [-0.2, 0) is 30.4 Å². The number of carbonyl (C=O) groups excluding carboxylic acids is 3. The summed E-state index contributed by atoms with van der Waals surface area (Å²) in [6.45, 7) is 4.77. The van der Waals surface area contributed by atoms with Gasteiger partial charge in [-0.3, -0.25) is 19.2 Å². The Bertz CT molecular complexity index is 936. The van der Waals surface area contributed by atoms with Crippen molar-refractivity contribution in [2.45, 2.75) is 70.3 Å². The van der Waals surface area contributed by atoms with Gasteiger partial charge in [-0.05, 0) is 30.5 Å². The number of carboxylic acids is 2. The molecule has 0 aliphatic heterocycles. The van der Waals surface area contributed by atoms with Crippen molar-refractivity contribution >= 4 is 29.7 Å². The van der Waals surface area contributed by atoms with Crippen LogP contribution in [0.5, 0.6) is 5.75 Å². The molecule has 1 rings (SSSR count). The molecule has 0 radical (unpaired) electrons. The number of aromatic hydroxyl groups is 1. The highest BCUT2D eigenvalue weighted by Gasteiger charge is 2.33. The molecule has 0 bridgehead atoms. The van der Waals surface area contributed by atoms with Crippen molar-refractivity contribution in [1.82, 2.24) is 16.0 Å². The summed E-state index contributed by atoms with van der Waals surface area (Å²) in [7, 11) is 0. The van der Waals surface area contributed by atoms with Crippen LogP contribution in [0.15, 0.2) is 24.3 Å². The number of rotatable bonds is 14. The van der Waals surface area contributed by atoms with Gasteiger partial charge in [0, 0.05) is 6.42 Å². The number of carboxylic acid groups (broad SMARTS) is 2. The van der Waals surface area contributed by atoms with Crippen molar-refractivity contribution in [2.24, 2.45) is 11.7 Å². The highest BCUT2D eigenvalue weighted by atomic mass is 16.4. The van der Waals surface area contributed by atoms with Gasteiger partial charge in [0.25, 0.3) is 0 Å². The summed E-state index contributed by atoms with van der Waals surface area (Å²) in [5.41, 5.74) is 6.15. The highest BCUT2D eigenvalue weighted by Crippen LogP contribution is 2.13. The lowest BCUT2D eigenvalue weighted by Crippen LogP contribution is -2.60. The number of hydrogen-bond donors (Lipinski definition) is 8. The lowest BCUT2D eigenvalue weighted by Gasteiger charge is -2.28. The molecule has 6 unspecified atom stereocenters. The molecule has 0 saturated heterocycles. The van der Waals surface area contributed by atoms with Gasteiger partial charge in [-0.15, -0.1) is 0 Å². The molecule has 0 heterocycles. The van der Waals surface area contributed by atoms with Gasteiger partial charge in [-0.2, -0.15) is 0 Å². The fraction of sp³-hybridized carbons (Fsp3) is 0.522. The maximum atomic E-state index is 13.2. The third kappa shape index (κ3) is 9.50. The van der Waals surface area contributed by atoms with E-state index in [0.717, 1.165) is 0 Å². The van der Waals surface area contributed by atoms with Gasteiger partial charge in [0.05, 0.1) is 12.5 Å². The van der Waals surface area contributed by atoms with Gasteiger partial charge in [0.15, 0.2) is 0 Å². The second kappa shape index (κ2) is 14.0. The summed E-state index contributed by atoms with van der Waals surface area (Å²) in [6, 6.07) is 0.151. The molecule has 36 heavy (non-hydrogen) atoms. The second-order valence-corrected chi connectivity index (χ2v) is 8.57. The van der Waals surface area contributed by atoms with Gasteiger partial charge < -0.3 is 42.1 Å². The minimum Gasteiger partial charge on any atom is -0.508 e. The molecular formula is C23H34N4O9. The average molecular weight is 511 g/mol. The highest BCUT2D eigenvalue weighted by molar-refractivity contribution is 5.95. The third-order valence-corrected chi connectivity index (χ3v) is 5.62. The number of benzene rings is 1. The van der Waals surface area contributed by atoms with Crippen LogP contribution >= 0.6 is 0 Å². The first-order valence-electron chi connectivity index (χ1n) is 11.3. The zero-order valence-corrected chi connectivity index (χ0v) is 20.3. The Labute approximate surface area is 208 Å². The van der Waals surface area contributed by atoms with Crippen molar-refractivity contribution in [3.63, 3.8) is 0 Å². The SMILES string of the molecule is CCC(C)C(NC(=O)C(N)C(C)O)C(=O)NC(Cc1ccc(O)cc1)C(=O)NC(CC(=O)O)C(=O)O. The zero-order valence-electron chi connectivity index (χ0n) is 20.3. The minimum atomic E-state index is -1.75. The smallest absolute Gasteiger partial charge is 0.326 e. The lowest BCUT2D eigenvalue weighted by atomic mass is 9.96. The number of aliphatic carboxylic acids is 2. The molecule has 0 aromatic heterocycles. The van der Waals surface area contributed by atoms with Gasteiger partial charge >= 0.3 is 11.9 Å². The monoisotopic (exact) mass is 510 g/mol. The largest absolute Gasteiger partial charge is 0.508 e. The molecule has 6 atom stereocenters. The molecule has 0 saturated carbocycles. The van der Waals surface area contributed by atoms with Crippen LogP contribution in [0.4, 0.5) is 0 Å². The Morgan fingerprint density at radius 3 is 1.92 bits per heavy atom. The Hall–Kier alpha value is -3.71. The predicted molar refractivity (Wildman–Crippen MR) is 127 cm³/mol. The molecule has 3 amide bonds. The summed E-state index contributed by atoms with van der Waals surface area (Å²) >= 11 is 0. The zero-order chi connectivity index (χ0) is 27.6. The van der Waals surface area contributed by atoms with E-state index in [1.165, 1.54) is 31.2 Å². The van der Waals surface area contributed by atoms with Gasteiger partial charge in [-0.25, -0.2) is 4.79 Å². The van der Waals surface area contributed by atoms with Crippen molar-refractivity contribution in [1.29, 1.82) is 0 Å². The summed E-state index contributed by atoms with van der Waals surface area (Å²) < 4.78 is 0. The Morgan fingerprint density at radius 1 is 0.889 bits per heavy atom. The number of amides is 3. The Kier molecular flexibility index (Phi) is 11.8. The number of carbonyl (C=O) groups is 5. The van der Waals surface area contributed by atoms with Crippen molar-refractivity contribution in [2.75, 3.05) is 0 Å². The van der Waals surface area contributed by atoms with Gasteiger partial charge in [0.1, 0.15) is 29.9 Å². The molecule has 0 fully saturated rings. The first-order chi connectivity index (χ1) is 16.8. The molecular weight excluding hydrogens is 476 g/mol. The summed E-state index contributed by atoms with van der Waals surface area (Å²) in [6.07, 6.45) is -1.74. The maximum Gasteiger partial charge on any atom is 0.326 e. The molecule has 0 aliphatic rings. The summed E-state index contributed by atoms with van der Waals surface area (Å²) in [5.74, 6) is -5.97. The minimum absolute atomic E-state index is 0.0369. The van der Waals surface area contributed by atoms with Crippen LogP contribution < -0.4 is 21.7 Å². The van der Waals surface area contributed by atoms with Crippen LogP contribution in [0.25, 0.3) is 0 Å². The summed E-state index contributed by atoms with van der Waals surface area (Å²) in [5, 5.41) is 44.4. The topological polar surface area (TPSA) is 228 Å². The number of phenols is 1. The van der Waals surface area contributed by atoms with Crippen molar-refractivity contribution in [3.8, 4) is 5.75 Å². The quantitative estimate of drug-likeness (QED) is 0.147. The number of phenolic OH excluding ortho intramolecular Hbond substituents is 1. The Morgan fingerprint density at radius 2 is 1.44 bits per heavy atom. The molecule has 1 aromatic rings. The van der Waals surface area contributed by atoms with E-state index in [-0.39, 0.29) is 12.2 Å². The Balaban J connectivity index is 3.21. The number of aliphatic hydroxyl groups is 1. The first kappa shape index (κ1) is 30.3. The van der Waals surface area contributed by atoms with E-state index in [2.05, 4.69) is 16.0 Å². The van der Waals surface area contributed by atoms with Gasteiger partial charge in [-0.1, -0.05) is 32.4 Å². The second-order valence-electron chi connectivity index (χ2n) is 8.57. The van der Waals surface area contributed by atoms with E-state index >= 15 is 0 Å². The van der Waals surface area contributed by atoms with Crippen LogP contribution in [0.2, 0.25) is 0 Å². The van der Waals surface area contributed by atoms with E-state index < -0.39 is 72.3 Å². The first-order valence-corrected chi connectivity index (χ1v) is 11.3. The van der Waals surface area contributed by atoms with Gasteiger partial charge in [0.2, 0.25) is 17.7 Å².